The van der Waals surface area contributed by atoms with Crippen LogP contribution >= 0.6 is 23.2 Å². The Bertz CT molecular complexity index is 1250. The van der Waals surface area contributed by atoms with Gasteiger partial charge in [-0.05, 0) is 77.6 Å². The van der Waals surface area contributed by atoms with Crippen molar-refractivity contribution in [1.82, 2.24) is 0 Å². The number of carbonyl (C=O) groups is 1. The van der Waals surface area contributed by atoms with Crippen LogP contribution in [0.5, 0.6) is 5.75 Å². The number of carbonyl (C=O) groups excluding carboxylic acids is 1. The monoisotopic (exact) mass is 490 g/mol. The smallest absolute Gasteiger partial charge is 0.342 e. The van der Waals surface area contributed by atoms with Gasteiger partial charge in [-0.15, -0.1) is 0 Å². The van der Waals surface area contributed by atoms with Gasteiger partial charge in [-0.3, -0.25) is 0 Å². The highest BCUT2D eigenvalue weighted by Gasteiger charge is 2.27. The zero-order valence-corrected chi connectivity index (χ0v) is 20.4. The molecule has 4 aromatic rings. The molecule has 0 unspecified atom stereocenters. The summed E-state index contributed by atoms with van der Waals surface area (Å²) in [6.07, 6.45) is 0. The predicted octanol–water partition coefficient (Wildman–Crippen LogP) is 7.85. The molecule has 0 saturated carbocycles. The Balaban J connectivity index is 1.80. The minimum absolute atomic E-state index is 0.0947. The minimum atomic E-state index is -0.564. The first-order chi connectivity index (χ1) is 16.3. The zero-order chi connectivity index (χ0) is 24.2. The molecule has 0 heterocycles. The second kappa shape index (κ2) is 10.3. The number of benzene rings is 4. The van der Waals surface area contributed by atoms with Crippen LogP contribution in [-0.4, -0.2) is 11.1 Å². The molecule has 0 aliphatic heterocycles. The van der Waals surface area contributed by atoms with E-state index >= 15 is 0 Å². The van der Waals surface area contributed by atoms with Gasteiger partial charge in [0.15, 0.2) is 0 Å². The van der Waals surface area contributed by atoms with Crippen LogP contribution in [-0.2, 0) is 11.3 Å². The topological polar surface area (TPSA) is 46.5 Å². The van der Waals surface area contributed by atoms with E-state index in [1.165, 1.54) is 0 Å². The van der Waals surface area contributed by atoms with Crippen molar-refractivity contribution in [3.8, 4) is 5.75 Å². The molecule has 0 aromatic heterocycles. The number of esters is 1. The first-order valence-electron chi connectivity index (χ1n) is 10.9. The van der Waals surface area contributed by atoms with Crippen LogP contribution in [0.3, 0.4) is 0 Å². The molecular formula is C29H24Cl2O3. The fourth-order valence-electron chi connectivity index (χ4n) is 4.31. The number of hydrogen-bond donors (Lipinski definition) is 1. The molecule has 0 atom stereocenters. The minimum Gasteiger partial charge on any atom is -0.507 e. The van der Waals surface area contributed by atoms with Crippen molar-refractivity contribution < 1.29 is 14.6 Å². The van der Waals surface area contributed by atoms with E-state index in [4.69, 9.17) is 27.9 Å². The molecule has 172 valence electrons. The second-order valence-corrected chi connectivity index (χ2v) is 9.10. The van der Waals surface area contributed by atoms with Gasteiger partial charge in [-0.1, -0.05) is 77.8 Å². The van der Waals surface area contributed by atoms with Gasteiger partial charge in [0.2, 0.25) is 0 Å². The van der Waals surface area contributed by atoms with E-state index in [2.05, 4.69) is 0 Å². The molecule has 0 aliphatic rings. The van der Waals surface area contributed by atoms with E-state index < -0.39 is 5.97 Å². The second-order valence-electron chi connectivity index (χ2n) is 8.22. The number of rotatable bonds is 6. The lowest BCUT2D eigenvalue weighted by atomic mass is 9.79. The molecule has 5 heteroatoms. The third-order valence-corrected chi connectivity index (χ3v) is 6.43. The SMILES string of the molecule is Cc1cc(O)c(C(=O)OCc2ccccc2)c(C)c1C(c1ccc(Cl)cc1)c1ccc(Cl)cc1. The molecule has 0 bridgehead atoms. The summed E-state index contributed by atoms with van der Waals surface area (Å²) in [5, 5.41) is 12.0. The zero-order valence-electron chi connectivity index (χ0n) is 18.9. The van der Waals surface area contributed by atoms with Gasteiger partial charge in [0.25, 0.3) is 0 Å². The summed E-state index contributed by atoms with van der Waals surface area (Å²) >= 11 is 12.3. The van der Waals surface area contributed by atoms with Crippen molar-refractivity contribution in [2.45, 2.75) is 26.4 Å². The van der Waals surface area contributed by atoms with Crippen molar-refractivity contribution in [3.63, 3.8) is 0 Å². The van der Waals surface area contributed by atoms with E-state index in [9.17, 15) is 9.90 Å². The predicted molar refractivity (Wildman–Crippen MR) is 137 cm³/mol. The van der Waals surface area contributed by atoms with Crippen molar-refractivity contribution in [2.24, 2.45) is 0 Å². The van der Waals surface area contributed by atoms with Gasteiger partial charge in [0, 0.05) is 16.0 Å². The van der Waals surface area contributed by atoms with Crippen LogP contribution in [0.2, 0.25) is 10.0 Å². The molecule has 4 aromatic carbocycles. The largest absolute Gasteiger partial charge is 0.507 e. The van der Waals surface area contributed by atoms with Gasteiger partial charge >= 0.3 is 5.97 Å². The molecule has 0 amide bonds. The first kappa shape index (κ1) is 23.9. The van der Waals surface area contributed by atoms with Gasteiger partial charge < -0.3 is 9.84 Å². The number of phenols is 1. The highest BCUT2D eigenvalue weighted by atomic mass is 35.5. The summed E-state index contributed by atoms with van der Waals surface area (Å²) in [7, 11) is 0. The van der Waals surface area contributed by atoms with Crippen molar-refractivity contribution in [3.05, 3.63) is 134 Å². The summed E-state index contributed by atoms with van der Waals surface area (Å²) in [5.41, 5.74) is 5.52. The molecule has 0 aliphatic carbocycles. The van der Waals surface area contributed by atoms with E-state index in [1.807, 2.05) is 92.7 Å². The maximum Gasteiger partial charge on any atom is 0.342 e. The molecular weight excluding hydrogens is 467 g/mol. The van der Waals surface area contributed by atoms with Crippen molar-refractivity contribution in [1.29, 1.82) is 0 Å². The molecule has 1 N–H and O–H groups in total. The Morgan fingerprint density at radius 3 is 1.91 bits per heavy atom. The fraction of sp³-hybridized carbons (Fsp3) is 0.138. The van der Waals surface area contributed by atoms with Crippen LogP contribution < -0.4 is 0 Å². The average Bonchev–Trinajstić information content (AvgIpc) is 2.82. The fourth-order valence-corrected chi connectivity index (χ4v) is 4.56. The van der Waals surface area contributed by atoms with Crippen LogP contribution in [0.4, 0.5) is 0 Å². The maximum atomic E-state index is 13.1. The van der Waals surface area contributed by atoms with Gasteiger partial charge in [-0.2, -0.15) is 0 Å². The number of phenolic OH excluding ortho intramolecular Hbond substituents is 1. The summed E-state index contributed by atoms with van der Waals surface area (Å²) in [6, 6.07) is 26.4. The highest BCUT2D eigenvalue weighted by Crippen LogP contribution is 2.40. The number of aromatic hydroxyl groups is 1. The first-order valence-corrected chi connectivity index (χ1v) is 11.7. The standard InChI is InChI=1S/C29H24Cl2O3/c1-18-16-25(32)27(29(33)34-17-20-6-4-3-5-7-20)19(2)26(18)28(21-8-12-23(30)13-9-21)22-10-14-24(31)15-11-22/h3-16,28,32H,17H2,1-2H3. The lowest BCUT2D eigenvalue weighted by Crippen LogP contribution is -2.14. The van der Waals surface area contributed by atoms with Gasteiger partial charge in [0.05, 0.1) is 0 Å². The highest BCUT2D eigenvalue weighted by molar-refractivity contribution is 6.30. The Morgan fingerprint density at radius 2 is 1.38 bits per heavy atom. The molecule has 4 rings (SSSR count). The molecule has 34 heavy (non-hydrogen) atoms. The number of aryl methyl sites for hydroxylation is 1. The summed E-state index contributed by atoms with van der Waals surface area (Å²) in [5.74, 6) is -0.857. The molecule has 0 saturated heterocycles. The molecule has 3 nitrogen and oxygen atoms in total. The van der Waals surface area contributed by atoms with Gasteiger partial charge in [-0.25, -0.2) is 4.79 Å². The molecule has 0 fully saturated rings. The Morgan fingerprint density at radius 1 is 0.853 bits per heavy atom. The maximum absolute atomic E-state index is 13.1. The normalized spacial score (nSPS) is 11.0. The third-order valence-electron chi connectivity index (χ3n) is 5.93. The van der Waals surface area contributed by atoms with Crippen LogP contribution in [0.15, 0.2) is 84.9 Å². The lowest BCUT2D eigenvalue weighted by molar-refractivity contribution is 0.0468. The number of ether oxygens (including phenoxy) is 1. The Labute approximate surface area is 209 Å². The van der Waals surface area contributed by atoms with Crippen LogP contribution in [0.1, 0.15) is 49.7 Å². The van der Waals surface area contributed by atoms with E-state index in [0.717, 1.165) is 27.8 Å². The van der Waals surface area contributed by atoms with Crippen molar-refractivity contribution in [2.75, 3.05) is 0 Å². The number of hydrogen-bond acceptors (Lipinski definition) is 3. The molecule has 0 spiro atoms. The van der Waals surface area contributed by atoms with Crippen LogP contribution in [0, 0.1) is 13.8 Å². The number of halogens is 2. The Hall–Kier alpha value is -3.27. The quantitative estimate of drug-likeness (QED) is 0.221. The van der Waals surface area contributed by atoms with E-state index in [1.54, 1.807) is 6.07 Å². The van der Waals surface area contributed by atoms with E-state index in [-0.39, 0.29) is 23.8 Å². The summed E-state index contributed by atoms with van der Waals surface area (Å²) in [4.78, 5) is 13.1. The molecule has 0 radical (unpaired) electrons. The summed E-state index contributed by atoms with van der Waals surface area (Å²) < 4.78 is 5.56. The lowest BCUT2D eigenvalue weighted by Gasteiger charge is -2.25. The van der Waals surface area contributed by atoms with Crippen LogP contribution in [0.25, 0.3) is 0 Å². The van der Waals surface area contributed by atoms with Crippen molar-refractivity contribution >= 4 is 29.2 Å². The van der Waals surface area contributed by atoms with Gasteiger partial charge in [0.1, 0.15) is 17.9 Å². The third kappa shape index (κ3) is 5.11. The van der Waals surface area contributed by atoms with E-state index in [0.29, 0.717) is 15.6 Å². The summed E-state index contributed by atoms with van der Waals surface area (Å²) in [6.45, 7) is 3.90. The average molecular weight is 491 g/mol. The Kier molecular flexibility index (Phi) is 7.26.